The van der Waals surface area contributed by atoms with Gasteiger partial charge < -0.3 is 60.2 Å². The molecule has 0 heterocycles. The molecule has 17 heavy (non-hydrogen) atoms. The van der Waals surface area contributed by atoms with E-state index in [0.29, 0.717) is 0 Å². The SMILES string of the molecule is [In+3].[In+3].[O-2].[O-2].[O-2].[O-2].[O-2].[O-2].[O-2].[O-2].[O-2].[O-2].[O-2].[W].[W].[Zn+2].[Zn+2]. The maximum atomic E-state index is 0. The zero-order valence-electron chi connectivity index (χ0n) is 7.88. The molecule has 0 unspecified atom stereocenters. The average molecular weight is 904 g/mol. The van der Waals surface area contributed by atoms with Crippen LogP contribution in [0.5, 0.6) is 0 Å². The van der Waals surface area contributed by atoms with Crippen molar-refractivity contribution in [3.63, 3.8) is 0 Å². The van der Waals surface area contributed by atoms with Crippen LogP contribution in [0.15, 0.2) is 0 Å². The van der Waals surface area contributed by atoms with Crippen LogP contribution >= 0.6 is 0 Å². The van der Waals surface area contributed by atoms with Crippen molar-refractivity contribution < 1.29 is 141 Å². The summed E-state index contributed by atoms with van der Waals surface area (Å²) >= 11 is 0. The zero-order chi connectivity index (χ0) is 0. The second kappa shape index (κ2) is 463. The van der Waals surface area contributed by atoms with E-state index in [-0.39, 0.29) is 193 Å². The molecule has 0 spiro atoms. The van der Waals surface area contributed by atoms with Crippen LogP contribution in [0.4, 0.5) is 0 Å². The van der Waals surface area contributed by atoms with E-state index in [1.54, 1.807) is 0 Å². The summed E-state index contributed by atoms with van der Waals surface area (Å²) in [7, 11) is 0. The van der Waals surface area contributed by atoms with Crippen LogP contribution in [0, 0.1) is 0 Å². The second-order valence-corrected chi connectivity index (χ2v) is 0. The summed E-state index contributed by atoms with van der Waals surface area (Å²) in [5.74, 6) is 0. The number of hydrogen-bond acceptors (Lipinski definition) is 0. The molecule has 0 fully saturated rings. The maximum Gasteiger partial charge on any atom is 3.00 e. The molecule has 0 aromatic heterocycles. The van der Waals surface area contributed by atoms with Crippen LogP contribution in [0.25, 0.3) is 0 Å². The molecular weight excluding hydrogens is 904 g/mol. The van der Waals surface area contributed by atoms with E-state index >= 15 is 0 Å². The van der Waals surface area contributed by atoms with Crippen molar-refractivity contribution in [1.82, 2.24) is 0 Å². The summed E-state index contributed by atoms with van der Waals surface area (Å²) < 4.78 is 0. The topological polar surface area (TPSA) is 314 Å². The molecule has 0 saturated carbocycles. The maximum absolute atomic E-state index is 0. The van der Waals surface area contributed by atoms with E-state index in [2.05, 4.69) is 0 Å². The molecular formula is In2O11W2Zn2-12. The molecule has 11 nitrogen and oxygen atoms in total. The number of hydrogen-bond donors (Lipinski definition) is 0. The molecule has 100 valence electrons. The van der Waals surface area contributed by atoms with Crippen molar-refractivity contribution in [2.75, 3.05) is 0 Å². The fourth-order valence-electron chi connectivity index (χ4n) is 0. The Kier molecular flexibility index (Phi) is 14700. The summed E-state index contributed by atoms with van der Waals surface area (Å²) in [6.07, 6.45) is 0. The Labute approximate surface area is 190 Å². The van der Waals surface area contributed by atoms with Crippen molar-refractivity contribution in [3.05, 3.63) is 0 Å². The molecule has 0 saturated heterocycles. The average Bonchev–Trinajstić information content (AvgIpc) is 0. The van der Waals surface area contributed by atoms with Gasteiger partial charge in [-0.1, -0.05) is 0 Å². The van der Waals surface area contributed by atoms with Gasteiger partial charge in [0, 0.05) is 42.1 Å². The summed E-state index contributed by atoms with van der Waals surface area (Å²) in [6, 6.07) is 0. The van der Waals surface area contributed by atoms with Gasteiger partial charge in [-0.3, -0.25) is 0 Å². The monoisotopic (exact) mass is 902 g/mol. The van der Waals surface area contributed by atoms with Gasteiger partial charge in [0.05, 0.1) is 0 Å². The van der Waals surface area contributed by atoms with Gasteiger partial charge in [-0.2, -0.15) is 0 Å². The molecule has 0 rings (SSSR count). The van der Waals surface area contributed by atoms with Gasteiger partial charge in [0.2, 0.25) is 0 Å². The van der Waals surface area contributed by atoms with Crippen LogP contribution in [-0.2, 0) is 141 Å². The van der Waals surface area contributed by atoms with E-state index in [1.807, 2.05) is 0 Å². The zero-order valence-corrected chi connectivity index (χ0v) is 26.3. The summed E-state index contributed by atoms with van der Waals surface area (Å²) in [6.45, 7) is 0. The molecule has 17 heteroatoms. The van der Waals surface area contributed by atoms with E-state index < -0.39 is 0 Å². The van der Waals surface area contributed by atoms with Gasteiger partial charge in [-0.25, -0.2) is 0 Å². The minimum Gasteiger partial charge on any atom is -2.00 e. The van der Waals surface area contributed by atoms with Crippen molar-refractivity contribution in [3.8, 4) is 0 Å². The van der Waals surface area contributed by atoms with Crippen LogP contribution in [0.2, 0.25) is 0 Å². The van der Waals surface area contributed by atoms with Gasteiger partial charge >= 0.3 is 90.6 Å². The Morgan fingerprint density at radius 1 is 0.235 bits per heavy atom. The third-order valence-corrected chi connectivity index (χ3v) is 0. The predicted molar refractivity (Wildman–Crippen MR) is 19.1 cm³/mol. The summed E-state index contributed by atoms with van der Waals surface area (Å²) in [5, 5.41) is 0. The first-order valence-corrected chi connectivity index (χ1v) is 0. The minimum atomic E-state index is 0. The largest absolute Gasteiger partial charge is 3.00 e. The molecule has 0 amide bonds. The van der Waals surface area contributed by atoms with Crippen LogP contribution in [0.1, 0.15) is 0 Å². The van der Waals surface area contributed by atoms with Crippen LogP contribution < -0.4 is 0 Å². The molecule has 0 aliphatic heterocycles. The Bertz CT molecular complexity index is 25.4. The fraction of sp³-hybridized carbons (Fsp3) is 0. The van der Waals surface area contributed by atoms with E-state index in [1.165, 1.54) is 0 Å². The Morgan fingerprint density at radius 2 is 0.235 bits per heavy atom. The Hall–Kier alpha value is 3.92. The predicted octanol–water partition coefficient (Wildman–Crippen LogP) is -2.08. The third kappa shape index (κ3) is 416. The fourth-order valence-corrected chi connectivity index (χ4v) is 0. The first-order chi connectivity index (χ1) is 0. The second-order valence-electron chi connectivity index (χ2n) is 0. The molecule has 0 aliphatic carbocycles. The normalized spacial score (nSPS) is 0. The van der Waals surface area contributed by atoms with Gasteiger partial charge in [0.1, 0.15) is 0 Å². The molecule has 0 bridgehead atoms. The minimum absolute atomic E-state index is 0. The smallest absolute Gasteiger partial charge is 2.00 e. The van der Waals surface area contributed by atoms with E-state index in [9.17, 15) is 0 Å². The van der Waals surface area contributed by atoms with E-state index in [0.717, 1.165) is 0 Å². The third-order valence-electron chi connectivity index (χ3n) is 0. The molecule has 0 aliphatic rings. The Balaban J connectivity index is 0. The van der Waals surface area contributed by atoms with Gasteiger partial charge in [0.25, 0.3) is 0 Å². The van der Waals surface area contributed by atoms with Crippen LogP contribution in [-0.4, -0.2) is 51.7 Å². The number of rotatable bonds is 0. The quantitative estimate of drug-likeness (QED) is 0.237. The van der Waals surface area contributed by atoms with Crippen molar-refractivity contribution in [2.24, 2.45) is 0 Å². The molecule has 0 N–H and O–H groups in total. The van der Waals surface area contributed by atoms with Crippen LogP contribution in [0.3, 0.4) is 0 Å². The molecule has 0 aromatic rings. The summed E-state index contributed by atoms with van der Waals surface area (Å²) in [5.41, 5.74) is 0. The Morgan fingerprint density at radius 3 is 0.235 bits per heavy atom. The van der Waals surface area contributed by atoms with Gasteiger partial charge in [-0.05, 0) is 0 Å². The van der Waals surface area contributed by atoms with Crippen molar-refractivity contribution >= 4 is 51.7 Å². The molecule has 0 aromatic carbocycles. The van der Waals surface area contributed by atoms with E-state index in [4.69, 9.17) is 0 Å². The van der Waals surface area contributed by atoms with Gasteiger partial charge in [0.15, 0.2) is 0 Å². The molecule has 0 radical (unpaired) electrons. The van der Waals surface area contributed by atoms with Gasteiger partial charge in [-0.15, -0.1) is 0 Å². The molecule has 0 atom stereocenters. The summed E-state index contributed by atoms with van der Waals surface area (Å²) in [4.78, 5) is 0. The first kappa shape index (κ1) is 540. The standard InChI is InChI=1S/2In.11O.2W.2Zn/q2*+3;11*-2;;;2*+2. The van der Waals surface area contributed by atoms with Crippen molar-refractivity contribution in [2.45, 2.75) is 0 Å². The first-order valence-electron chi connectivity index (χ1n) is 0. The van der Waals surface area contributed by atoms with Crippen molar-refractivity contribution in [1.29, 1.82) is 0 Å².